The number of alkyl halides is 2. The van der Waals surface area contributed by atoms with Crippen LogP contribution in [0.4, 0.5) is 8.78 Å². The van der Waals surface area contributed by atoms with Gasteiger partial charge in [0.15, 0.2) is 0 Å². The van der Waals surface area contributed by atoms with E-state index in [0.29, 0.717) is 23.2 Å². The zero-order valence-corrected chi connectivity index (χ0v) is 14.5. The van der Waals surface area contributed by atoms with Crippen molar-refractivity contribution in [3.05, 3.63) is 35.2 Å². The van der Waals surface area contributed by atoms with Crippen LogP contribution in [0.5, 0.6) is 0 Å². The number of carbonyl (C=O) groups excluding carboxylic acids is 1. The second-order valence-corrected chi connectivity index (χ2v) is 5.99. The number of hydrogen-bond donors (Lipinski definition) is 2. The first-order valence-electron chi connectivity index (χ1n) is 7.40. The lowest BCUT2D eigenvalue weighted by Crippen LogP contribution is -2.41. The Hall–Kier alpha value is -1.77. The quantitative estimate of drug-likeness (QED) is 0.816. The van der Waals surface area contributed by atoms with E-state index in [9.17, 15) is 13.6 Å². The molecule has 0 saturated carbocycles. The molecular formula is C15H16Cl2F2N4O2. The van der Waals surface area contributed by atoms with Crippen molar-refractivity contribution in [2.45, 2.75) is 24.8 Å². The molecule has 0 radical (unpaired) electrons. The molecule has 1 amide bonds. The maximum Gasteiger partial charge on any atom is 0.262 e. The molecule has 2 aromatic rings. The first-order chi connectivity index (χ1) is 11.4. The van der Waals surface area contributed by atoms with E-state index in [0.717, 1.165) is 5.56 Å². The van der Waals surface area contributed by atoms with Crippen LogP contribution in [0.2, 0.25) is 5.02 Å². The highest BCUT2D eigenvalue weighted by molar-refractivity contribution is 6.30. The summed E-state index contributed by atoms with van der Waals surface area (Å²) in [6.45, 7) is -0.246. The third-order valence-electron chi connectivity index (χ3n) is 3.63. The van der Waals surface area contributed by atoms with Crippen LogP contribution in [0.15, 0.2) is 28.8 Å². The summed E-state index contributed by atoms with van der Waals surface area (Å²) < 4.78 is 31.2. The van der Waals surface area contributed by atoms with Crippen LogP contribution in [-0.4, -0.2) is 41.1 Å². The van der Waals surface area contributed by atoms with Crippen molar-refractivity contribution in [3.63, 3.8) is 0 Å². The fourth-order valence-corrected chi connectivity index (χ4v) is 2.52. The zero-order chi connectivity index (χ0) is 17.2. The van der Waals surface area contributed by atoms with E-state index in [2.05, 4.69) is 20.8 Å². The Balaban J connectivity index is 0.00000225. The number of halogens is 4. The number of amides is 1. The highest BCUT2D eigenvalue weighted by Gasteiger charge is 2.42. The van der Waals surface area contributed by atoms with Gasteiger partial charge in [-0.2, -0.15) is 4.98 Å². The Morgan fingerprint density at radius 1 is 1.40 bits per heavy atom. The number of nitrogens with one attached hydrogen (secondary N) is 2. The zero-order valence-electron chi connectivity index (χ0n) is 13.0. The van der Waals surface area contributed by atoms with Crippen molar-refractivity contribution in [3.8, 4) is 11.4 Å². The Kier molecular flexibility index (Phi) is 6.31. The van der Waals surface area contributed by atoms with Crippen LogP contribution in [0.25, 0.3) is 11.4 Å². The van der Waals surface area contributed by atoms with Gasteiger partial charge < -0.3 is 9.84 Å². The number of benzene rings is 1. The van der Waals surface area contributed by atoms with Gasteiger partial charge in [-0.25, -0.2) is 8.78 Å². The van der Waals surface area contributed by atoms with Crippen molar-refractivity contribution in [2.75, 3.05) is 13.1 Å². The van der Waals surface area contributed by atoms with Crippen LogP contribution in [0, 0.1) is 0 Å². The molecule has 1 fully saturated rings. The molecule has 6 nitrogen and oxygen atoms in total. The Bertz CT molecular complexity index is 725. The van der Waals surface area contributed by atoms with Gasteiger partial charge in [-0.05, 0) is 24.3 Å². The molecule has 10 heteroatoms. The first kappa shape index (κ1) is 19.6. The summed E-state index contributed by atoms with van der Waals surface area (Å²) in [5, 5.41) is 9.55. The minimum absolute atomic E-state index is 0. The first-order valence-corrected chi connectivity index (χ1v) is 7.78. The number of carbonyl (C=O) groups is 1. The largest absolute Gasteiger partial charge is 0.354 e. The molecule has 1 aromatic carbocycles. The van der Waals surface area contributed by atoms with Gasteiger partial charge in [-0.15, -0.1) is 12.4 Å². The topological polar surface area (TPSA) is 80.1 Å². The van der Waals surface area contributed by atoms with Gasteiger partial charge in [0.1, 0.15) is 0 Å². The summed E-state index contributed by atoms with van der Waals surface area (Å²) in [6.07, 6.45) is -0.171. The smallest absolute Gasteiger partial charge is 0.262 e. The summed E-state index contributed by atoms with van der Waals surface area (Å²) in [7, 11) is 0. The van der Waals surface area contributed by atoms with Crippen LogP contribution < -0.4 is 10.6 Å². The van der Waals surface area contributed by atoms with E-state index < -0.39 is 30.8 Å². The molecule has 1 aliphatic rings. The van der Waals surface area contributed by atoms with Crippen LogP contribution in [0.3, 0.4) is 0 Å². The van der Waals surface area contributed by atoms with Crippen molar-refractivity contribution in [2.24, 2.45) is 0 Å². The molecule has 1 aromatic heterocycles. The Morgan fingerprint density at radius 3 is 2.76 bits per heavy atom. The maximum atomic E-state index is 13.0. The predicted molar refractivity (Wildman–Crippen MR) is 90.1 cm³/mol. The van der Waals surface area contributed by atoms with E-state index in [-0.39, 0.29) is 19.0 Å². The number of rotatable bonds is 5. The summed E-state index contributed by atoms with van der Waals surface area (Å²) in [5.41, 5.74) is 0.760. The third kappa shape index (κ3) is 5.10. The molecule has 1 unspecified atom stereocenters. The van der Waals surface area contributed by atoms with Gasteiger partial charge in [-0.3, -0.25) is 10.1 Å². The predicted octanol–water partition coefficient (Wildman–Crippen LogP) is 2.47. The van der Waals surface area contributed by atoms with Gasteiger partial charge in [0.25, 0.3) is 5.92 Å². The lowest BCUT2D eigenvalue weighted by Gasteiger charge is -2.10. The van der Waals surface area contributed by atoms with Gasteiger partial charge in [0.05, 0.1) is 12.6 Å². The van der Waals surface area contributed by atoms with Crippen molar-refractivity contribution in [1.29, 1.82) is 0 Å². The van der Waals surface area contributed by atoms with Crippen molar-refractivity contribution >= 4 is 29.9 Å². The lowest BCUT2D eigenvalue weighted by atomic mass is 10.2. The third-order valence-corrected chi connectivity index (χ3v) is 3.89. The Labute approximate surface area is 153 Å². The standard InChI is InChI=1S/C15H15ClF2N4O2.ClH/c16-10-3-1-9(2-4-10)13-21-12(24-22-13)5-6-19-14(23)11-7-15(17,18)8-20-11;/h1-4,11,20H,5-8H2,(H,19,23);1H. The summed E-state index contributed by atoms with van der Waals surface area (Å²) in [6, 6.07) is 6.11. The fourth-order valence-electron chi connectivity index (χ4n) is 2.39. The Morgan fingerprint density at radius 2 is 2.12 bits per heavy atom. The molecule has 136 valence electrons. The molecule has 2 N–H and O–H groups in total. The van der Waals surface area contributed by atoms with Crippen LogP contribution in [-0.2, 0) is 11.2 Å². The highest BCUT2D eigenvalue weighted by Crippen LogP contribution is 2.25. The van der Waals surface area contributed by atoms with Crippen molar-refractivity contribution < 1.29 is 18.1 Å². The molecule has 1 aliphatic heterocycles. The average Bonchev–Trinajstić information content (AvgIpc) is 3.14. The minimum Gasteiger partial charge on any atom is -0.354 e. The number of hydrogen-bond acceptors (Lipinski definition) is 5. The van der Waals surface area contributed by atoms with E-state index in [1.54, 1.807) is 24.3 Å². The summed E-state index contributed by atoms with van der Waals surface area (Å²) >= 11 is 5.82. The fraction of sp³-hybridized carbons (Fsp3) is 0.400. The molecule has 1 atom stereocenters. The lowest BCUT2D eigenvalue weighted by molar-refractivity contribution is -0.123. The van der Waals surface area contributed by atoms with E-state index >= 15 is 0 Å². The van der Waals surface area contributed by atoms with Gasteiger partial charge in [-0.1, -0.05) is 16.8 Å². The molecule has 0 spiro atoms. The SMILES string of the molecule is Cl.O=C(NCCc1nc(-c2ccc(Cl)cc2)no1)C1CC(F)(F)CN1. The minimum atomic E-state index is -2.83. The number of nitrogens with zero attached hydrogens (tertiary/aromatic N) is 2. The molecule has 2 heterocycles. The van der Waals surface area contributed by atoms with Gasteiger partial charge in [0, 0.05) is 30.0 Å². The van der Waals surface area contributed by atoms with Gasteiger partial charge in [0.2, 0.25) is 17.6 Å². The van der Waals surface area contributed by atoms with Crippen LogP contribution in [0.1, 0.15) is 12.3 Å². The maximum absolute atomic E-state index is 13.0. The monoisotopic (exact) mass is 392 g/mol. The number of aromatic nitrogens is 2. The normalized spacial score (nSPS) is 18.6. The van der Waals surface area contributed by atoms with Crippen molar-refractivity contribution in [1.82, 2.24) is 20.8 Å². The molecular weight excluding hydrogens is 377 g/mol. The van der Waals surface area contributed by atoms with Gasteiger partial charge >= 0.3 is 0 Å². The van der Waals surface area contributed by atoms with Crippen LogP contribution >= 0.6 is 24.0 Å². The second kappa shape index (κ2) is 8.07. The average molecular weight is 393 g/mol. The molecule has 1 saturated heterocycles. The highest BCUT2D eigenvalue weighted by atomic mass is 35.5. The molecule has 0 bridgehead atoms. The molecule has 0 aliphatic carbocycles. The molecule has 3 rings (SSSR count). The summed E-state index contributed by atoms with van der Waals surface area (Å²) in [4.78, 5) is 16.0. The summed E-state index contributed by atoms with van der Waals surface area (Å²) in [5.74, 6) is -2.51. The van der Waals surface area contributed by atoms with E-state index in [1.807, 2.05) is 0 Å². The second-order valence-electron chi connectivity index (χ2n) is 5.55. The van der Waals surface area contributed by atoms with E-state index in [4.69, 9.17) is 16.1 Å². The molecule has 25 heavy (non-hydrogen) atoms. The van der Waals surface area contributed by atoms with E-state index in [1.165, 1.54) is 0 Å².